The Bertz CT molecular complexity index is 1420. The third-order valence-electron chi connectivity index (χ3n) is 6.48. The summed E-state index contributed by atoms with van der Waals surface area (Å²) in [5, 5.41) is 0. The molecule has 2 heterocycles. The smallest absolute Gasteiger partial charge is 0.212 e. The van der Waals surface area contributed by atoms with Gasteiger partial charge in [0.05, 0.1) is 15.9 Å². The Balaban J connectivity index is 1.83. The van der Waals surface area contributed by atoms with E-state index in [2.05, 4.69) is 0 Å². The van der Waals surface area contributed by atoms with Crippen LogP contribution in [-0.4, -0.2) is 23.0 Å². The average Bonchev–Trinajstić information content (AvgIpc) is 3.05. The highest BCUT2D eigenvalue weighted by Gasteiger charge is 2.32. The van der Waals surface area contributed by atoms with E-state index in [4.69, 9.17) is 15.7 Å². The van der Waals surface area contributed by atoms with Crippen molar-refractivity contribution in [2.75, 3.05) is 5.73 Å². The number of hydrogen-bond acceptors (Lipinski definition) is 5. The van der Waals surface area contributed by atoms with Gasteiger partial charge in [0.15, 0.2) is 5.65 Å². The van der Waals surface area contributed by atoms with E-state index in [1.165, 1.54) is 6.42 Å². The van der Waals surface area contributed by atoms with E-state index in [1.54, 1.807) is 12.1 Å². The number of sulfone groups is 1. The molecule has 31 heavy (non-hydrogen) atoms. The molecule has 0 atom stereocenters. The van der Waals surface area contributed by atoms with Gasteiger partial charge in [0, 0.05) is 6.04 Å². The van der Waals surface area contributed by atoms with E-state index in [1.807, 2.05) is 48.7 Å². The van der Waals surface area contributed by atoms with Gasteiger partial charge in [0.2, 0.25) is 9.84 Å². The Morgan fingerprint density at radius 2 is 1.61 bits per heavy atom. The van der Waals surface area contributed by atoms with Crippen molar-refractivity contribution in [3.8, 4) is 0 Å². The highest BCUT2D eigenvalue weighted by Crippen LogP contribution is 2.40. The van der Waals surface area contributed by atoms with E-state index in [-0.39, 0.29) is 21.7 Å². The molecule has 0 saturated heterocycles. The molecule has 0 bridgehead atoms. The molecule has 2 N–H and O–H groups in total. The molecule has 0 aliphatic heterocycles. The van der Waals surface area contributed by atoms with Crippen LogP contribution in [0.15, 0.2) is 52.3 Å². The normalized spacial score (nSPS) is 15.7. The minimum absolute atomic E-state index is 0.0783. The van der Waals surface area contributed by atoms with Crippen LogP contribution in [0.3, 0.4) is 0 Å². The highest BCUT2D eigenvalue weighted by atomic mass is 32.2. The quantitative estimate of drug-likeness (QED) is 0.483. The number of aromatic nitrogens is 3. The van der Waals surface area contributed by atoms with Crippen molar-refractivity contribution in [1.82, 2.24) is 14.5 Å². The topological polar surface area (TPSA) is 90.9 Å². The van der Waals surface area contributed by atoms with Crippen LogP contribution in [0, 0.1) is 13.8 Å². The molecular formula is C24H26N4O2S. The molecule has 6 nitrogen and oxygen atoms in total. The third kappa shape index (κ3) is 3.19. The van der Waals surface area contributed by atoms with Gasteiger partial charge < -0.3 is 10.3 Å². The molecule has 0 unspecified atom stereocenters. The second-order valence-corrected chi connectivity index (χ2v) is 10.4. The number of nitrogen functional groups attached to an aromatic ring is 1. The first-order valence-electron chi connectivity index (χ1n) is 10.8. The number of anilines is 1. The zero-order valence-corrected chi connectivity index (χ0v) is 18.6. The molecule has 2 aromatic carbocycles. The molecule has 1 saturated carbocycles. The first-order valence-corrected chi connectivity index (χ1v) is 12.2. The van der Waals surface area contributed by atoms with Crippen molar-refractivity contribution in [1.29, 1.82) is 0 Å². The number of fused-ring (bicyclic) bond motifs is 2. The summed E-state index contributed by atoms with van der Waals surface area (Å²) in [4.78, 5) is 9.89. The standard InChI is InChI=1S/C24H26N4O2S/c1-15-12-13-18(14-16(15)2)31(29,30)22-21-24(27-20-11-7-6-10-19(20)26-21)28(23(22)25)17-8-4-3-5-9-17/h6-7,10-14,17H,3-5,8-9,25H2,1-2H3. The fourth-order valence-electron chi connectivity index (χ4n) is 4.63. The van der Waals surface area contributed by atoms with E-state index in [9.17, 15) is 8.42 Å². The summed E-state index contributed by atoms with van der Waals surface area (Å²) < 4.78 is 29.5. The molecule has 7 heteroatoms. The summed E-state index contributed by atoms with van der Waals surface area (Å²) in [7, 11) is -3.87. The summed E-state index contributed by atoms with van der Waals surface area (Å²) in [5.74, 6) is 0.246. The van der Waals surface area contributed by atoms with Crippen molar-refractivity contribution in [3.63, 3.8) is 0 Å². The Hall–Kier alpha value is -2.93. The molecule has 1 aliphatic carbocycles. The van der Waals surface area contributed by atoms with Gasteiger partial charge in [-0.1, -0.05) is 37.5 Å². The zero-order chi connectivity index (χ0) is 21.8. The van der Waals surface area contributed by atoms with Crippen LogP contribution in [-0.2, 0) is 9.84 Å². The second kappa shape index (κ2) is 7.34. The number of benzene rings is 2. The summed E-state index contributed by atoms with van der Waals surface area (Å²) in [6.45, 7) is 3.88. The molecule has 0 radical (unpaired) electrons. The van der Waals surface area contributed by atoms with Crippen molar-refractivity contribution in [2.45, 2.75) is 61.8 Å². The first kappa shape index (κ1) is 20.0. The van der Waals surface area contributed by atoms with Gasteiger partial charge in [0.25, 0.3) is 0 Å². The van der Waals surface area contributed by atoms with Crippen LogP contribution in [0.5, 0.6) is 0 Å². The average molecular weight is 435 g/mol. The van der Waals surface area contributed by atoms with Crippen LogP contribution in [0.1, 0.15) is 49.3 Å². The highest BCUT2D eigenvalue weighted by molar-refractivity contribution is 7.92. The SMILES string of the molecule is Cc1ccc(S(=O)(=O)c2c(N)n(C3CCCCC3)c3nc4ccccc4nc23)cc1C. The lowest BCUT2D eigenvalue weighted by atomic mass is 9.95. The molecule has 1 fully saturated rings. The second-order valence-electron chi connectivity index (χ2n) is 8.51. The van der Waals surface area contributed by atoms with Crippen molar-refractivity contribution in [2.24, 2.45) is 0 Å². The lowest BCUT2D eigenvalue weighted by molar-refractivity contribution is 0.362. The first-order chi connectivity index (χ1) is 14.9. The maximum atomic E-state index is 13.8. The van der Waals surface area contributed by atoms with Crippen LogP contribution in [0.25, 0.3) is 22.2 Å². The molecular weight excluding hydrogens is 408 g/mol. The van der Waals surface area contributed by atoms with Gasteiger partial charge in [-0.15, -0.1) is 0 Å². The van der Waals surface area contributed by atoms with Gasteiger partial charge in [-0.25, -0.2) is 18.4 Å². The Labute approximate surface area is 182 Å². The van der Waals surface area contributed by atoms with Gasteiger partial charge in [0.1, 0.15) is 16.2 Å². The molecule has 0 spiro atoms. The molecule has 2 aromatic heterocycles. The minimum atomic E-state index is -3.87. The van der Waals surface area contributed by atoms with Crippen LogP contribution in [0.2, 0.25) is 0 Å². The van der Waals surface area contributed by atoms with Crippen molar-refractivity contribution in [3.05, 3.63) is 53.6 Å². The number of para-hydroxylation sites is 2. The Morgan fingerprint density at radius 1 is 0.935 bits per heavy atom. The van der Waals surface area contributed by atoms with Crippen molar-refractivity contribution >= 4 is 37.9 Å². The number of hydrogen-bond donors (Lipinski definition) is 1. The van der Waals surface area contributed by atoms with Gasteiger partial charge in [-0.05, 0) is 62.1 Å². The fourth-order valence-corrected chi connectivity index (χ4v) is 6.21. The minimum Gasteiger partial charge on any atom is -0.384 e. The molecule has 4 aromatic rings. The van der Waals surface area contributed by atoms with E-state index in [0.29, 0.717) is 16.7 Å². The number of rotatable bonds is 3. The van der Waals surface area contributed by atoms with E-state index in [0.717, 1.165) is 42.3 Å². The van der Waals surface area contributed by atoms with Gasteiger partial charge in [-0.2, -0.15) is 0 Å². The number of nitrogens with two attached hydrogens (primary N) is 1. The summed E-state index contributed by atoms with van der Waals surface area (Å²) in [6, 6.07) is 12.9. The van der Waals surface area contributed by atoms with Gasteiger partial charge >= 0.3 is 0 Å². The molecule has 160 valence electrons. The lowest BCUT2D eigenvalue weighted by Crippen LogP contribution is -2.16. The fraction of sp³-hybridized carbons (Fsp3) is 0.333. The van der Waals surface area contributed by atoms with Crippen molar-refractivity contribution < 1.29 is 8.42 Å². The maximum absolute atomic E-state index is 13.8. The number of aryl methyl sites for hydroxylation is 2. The lowest BCUT2D eigenvalue weighted by Gasteiger charge is -2.25. The summed E-state index contributed by atoms with van der Waals surface area (Å²) in [5.41, 5.74) is 10.9. The number of nitrogens with zero attached hydrogens (tertiary/aromatic N) is 3. The largest absolute Gasteiger partial charge is 0.384 e. The molecule has 5 rings (SSSR count). The zero-order valence-electron chi connectivity index (χ0n) is 17.8. The van der Waals surface area contributed by atoms with Crippen LogP contribution >= 0.6 is 0 Å². The van der Waals surface area contributed by atoms with Gasteiger partial charge in [-0.3, -0.25) is 0 Å². The monoisotopic (exact) mass is 434 g/mol. The van der Waals surface area contributed by atoms with E-state index >= 15 is 0 Å². The Morgan fingerprint density at radius 3 is 2.29 bits per heavy atom. The van der Waals surface area contributed by atoms with E-state index < -0.39 is 9.84 Å². The summed E-state index contributed by atoms with van der Waals surface area (Å²) >= 11 is 0. The summed E-state index contributed by atoms with van der Waals surface area (Å²) in [6.07, 6.45) is 5.32. The maximum Gasteiger partial charge on any atom is 0.212 e. The van der Waals surface area contributed by atoms with Crippen LogP contribution < -0.4 is 5.73 Å². The Kier molecular flexibility index (Phi) is 4.73. The molecule has 1 aliphatic rings. The van der Waals surface area contributed by atoms with Crippen LogP contribution in [0.4, 0.5) is 5.82 Å². The molecule has 0 amide bonds. The third-order valence-corrected chi connectivity index (χ3v) is 8.30. The predicted molar refractivity (Wildman–Crippen MR) is 123 cm³/mol. The predicted octanol–water partition coefficient (Wildman–Crippen LogP) is 5.12.